The highest BCUT2D eigenvalue weighted by atomic mass is 35.7. The second kappa shape index (κ2) is 6.23. The fourth-order valence-corrected chi connectivity index (χ4v) is 3.26. The van der Waals surface area contributed by atoms with Crippen molar-refractivity contribution in [3.05, 3.63) is 23.8 Å². The van der Waals surface area contributed by atoms with Gasteiger partial charge in [-0.3, -0.25) is 4.79 Å². The second-order valence-corrected chi connectivity index (χ2v) is 8.04. The van der Waals surface area contributed by atoms with Crippen LogP contribution in [0.3, 0.4) is 0 Å². The number of rotatable bonds is 6. The van der Waals surface area contributed by atoms with Gasteiger partial charge in [-0.25, -0.2) is 8.42 Å². The van der Waals surface area contributed by atoms with E-state index in [4.69, 9.17) is 10.7 Å². The summed E-state index contributed by atoms with van der Waals surface area (Å²) in [7, 11) is 4.98. The first-order valence-electron chi connectivity index (χ1n) is 6.83. The summed E-state index contributed by atoms with van der Waals surface area (Å²) in [5, 5.41) is 2.81. The van der Waals surface area contributed by atoms with Gasteiger partial charge >= 0.3 is 0 Å². The molecular weight excluding hydrogens is 312 g/mol. The molecule has 1 aliphatic carbocycles. The molecule has 1 aliphatic rings. The minimum absolute atomic E-state index is 0.0518. The van der Waals surface area contributed by atoms with Crippen LogP contribution in [0.5, 0.6) is 0 Å². The molecule has 1 saturated carbocycles. The average Bonchev–Trinajstić information content (AvgIpc) is 3.21. The van der Waals surface area contributed by atoms with E-state index in [2.05, 4.69) is 5.32 Å². The zero-order valence-corrected chi connectivity index (χ0v) is 13.7. The summed E-state index contributed by atoms with van der Waals surface area (Å²) < 4.78 is 23.3. The third-order valence-corrected chi connectivity index (χ3v) is 4.85. The Morgan fingerprint density at radius 2 is 2.05 bits per heavy atom. The van der Waals surface area contributed by atoms with Crippen molar-refractivity contribution in [1.29, 1.82) is 0 Å². The van der Waals surface area contributed by atoms with E-state index in [9.17, 15) is 13.2 Å². The van der Waals surface area contributed by atoms with Crippen LogP contribution in [0, 0.1) is 5.92 Å². The Morgan fingerprint density at radius 1 is 1.38 bits per heavy atom. The van der Waals surface area contributed by atoms with Gasteiger partial charge in [0, 0.05) is 36.9 Å². The molecule has 21 heavy (non-hydrogen) atoms. The van der Waals surface area contributed by atoms with E-state index in [-0.39, 0.29) is 10.8 Å². The molecule has 1 amide bonds. The van der Waals surface area contributed by atoms with Gasteiger partial charge in [0.25, 0.3) is 15.0 Å². The van der Waals surface area contributed by atoms with Crippen molar-refractivity contribution >= 4 is 31.3 Å². The lowest BCUT2D eigenvalue weighted by Gasteiger charge is -2.16. The number of carbonyl (C=O) groups is 1. The zero-order chi connectivity index (χ0) is 15.6. The van der Waals surface area contributed by atoms with Crippen LogP contribution in [0.4, 0.5) is 5.69 Å². The molecule has 0 unspecified atom stereocenters. The molecule has 1 aromatic rings. The summed E-state index contributed by atoms with van der Waals surface area (Å²) in [5.74, 6) is 0.461. The van der Waals surface area contributed by atoms with Gasteiger partial charge in [0.15, 0.2) is 0 Å². The first-order chi connectivity index (χ1) is 9.79. The molecule has 116 valence electrons. The van der Waals surface area contributed by atoms with Crippen molar-refractivity contribution in [2.24, 2.45) is 5.92 Å². The molecule has 0 aromatic heterocycles. The van der Waals surface area contributed by atoms with Gasteiger partial charge in [0.1, 0.15) is 4.90 Å². The van der Waals surface area contributed by atoms with Gasteiger partial charge in [-0.15, -0.1) is 0 Å². The number of amides is 1. The summed E-state index contributed by atoms with van der Waals surface area (Å²) >= 11 is 0. The van der Waals surface area contributed by atoms with Crippen LogP contribution in [0.2, 0.25) is 0 Å². The Hall–Kier alpha value is -1.27. The summed E-state index contributed by atoms with van der Waals surface area (Å²) in [6, 6.07) is 4.52. The molecule has 0 radical (unpaired) electrons. The maximum atomic E-state index is 12.0. The van der Waals surface area contributed by atoms with Crippen LogP contribution in [0.25, 0.3) is 0 Å². The van der Waals surface area contributed by atoms with Crippen molar-refractivity contribution < 1.29 is 13.2 Å². The molecule has 1 fully saturated rings. The van der Waals surface area contributed by atoms with Gasteiger partial charge in [-0.1, -0.05) is 12.8 Å². The van der Waals surface area contributed by atoms with E-state index in [0.29, 0.717) is 17.8 Å². The van der Waals surface area contributed by atoms with Crippen LogP contribution in [0.15, 0.2) is 23.1 Å². The normalized spacial score (nSPS) is 14.8. The van der Waals surface area contributed by atoms with Crippen molar-refractivity contribution in [3.8, 4) is 0 Å². The largest absolute Gasteiger partial charge is 0.377 e. The Labute approximate surface area is 129 Å². The fourth-order valence-electron chi connectivity index (χ4n) is 2.12. The van der Waals surface area contributed by atoms with E-state index in [1.165, 1.54) is 18.9 Å². The van der Waals surface area contributed by atoms with E-state index in [1.807, 2.05) is 0 Å². The lowest BCUT2D eigenvalue weighted by atomic mass is 10.2. The predicted octanol–water partition coefficient (Wildman–Crippen LogP) is 2.21. The monoisotopic (exact) mass is 330 g/mol. The van der Waals surface area contributed by atoms with Crippen LogP contribution in [-0.4, -0.2) is 35.0 Å². The van der Waals surface area contributed by atoms with E-state index in [1.54, 1.807) is 31.1 Å². The average molecular weight is 331 g/mol. The summed E-state index contributed by atoms with van der Waals surface area (Å²) in [5.41, 5.74) is 0.759. The third-order valence-electron chi connectivity index (χ3n) is 3.50. The summed E-state index contributed by atoms with van der Waals surface area (Å²) in [6.07, 6.45) is 3.45. The van der Waals surface area contributed by atoms with E-state index >= 15 is 0 Å². The fraction of sp³-hybridized carbons (Fsp3) is 0.500. The number of hydrogen-bond acceptors (Lipinski definition) is 4. The molecule has 0 saturated heterocycles. The van der Waals surface area contributed by atoms with Crippen molar-refractivity contribution in [2.45, 2.75) is 24.2 Å². The van der Waals surface area contributed by atoms with Gasteiger partial charge < -0.3 is 10.2 Å². The maximum Gasteiger partial charge on any atom is 0.263 e. The zero-order valence-electron chi connectivity index (χ0n) is 12.1. The number of benzene rings is 1. The number of hydrogen-bond donors (Lipinski definition) is 1. The quantitative estimate of drug-likeness (QED) is 0.812. The molecule has 1 N–H and O–H groups in total. The molecule has 2 rings (SSSR count). The lowest BCUT2D eigenvalue weighted by molar-refractivity contribution is 0.0952. The number of anilines is 1. The SMILES string of the molecule is CN(C)c1ccc(C(=O)NCCC2CC2)cc1S(=O)(=O)Cl. The van der Waals surface area contributed by atoms with Gasteiger partial charge in [0.2, 0.25) is 0 Å². The summed E-state index contributed by atoms with van der Waals surface area (Å²) in [4.78, 5) is 13.6. The van der Waals surface area contributed by atoms with Crippen molar-refractivity contribution in [2.75, 3.05) is 25.5 Å². The standard InChI is InChI=1S/C14H19ClN2O3S/c1-17(2)12-6-5-11(9-13(12)21(15,19)20)14(18)16-8-7-10-3-4-10/h5-6,9-10H,3-4,7-8H2,1-2H3,(H,16,18). The van der Waals surface area contributed by atoms with Gasteiger partial charge in [-0.05, 0) is 30.5 Å². The van der Waals surface area contributed by atoms with E-state index in [0.717, 1.165) is 12.3 Å². The van der Waals surface area contributed by atoms with Gasteiger partial charge in [-0.2, -0.15) is 0 Å². The maximum absolute atomic E-state index is 12.0. The molecule has 5 nitrogen and oxygen atoms in total. The van der Waals surface area contributed by atoms with Crippen molar-refractivity contribution in [1.82, 2.24) is 5.32 Å². The number of nitrogens with one attached hydrogen (secondary N) is 1. The molecule has 0 heterocycles. The van der Waals surface area contributed by atoms with Crippen LogP contribution in [-0.2, 0) is 9.05 Å². The molecule has 1 aromatic carbocycles. The minimum Gasteiger partial charge on any atom is -0.377 e. The van der Waals surface area contributed by atoms with Crippen molar-refractivity contribution in [3.63, 3.8) is 0 Å². The number of halogens is 1. The van der Waals surface area contributed by atoms with Crippen LogP contribution < -0.4 is 10.2 Å². The first-order valence-corrected chi connectivity index (χ1v) is 9.14. The highest BCUT2D eigenvalue weighted by molar-refractivity contribution is 8.13. The Morgan fingerprint density at radius 3 is 2.57 bits per heavy atom. The molecule has 0 aliphatic heterocycles. The Bertz CT molecular complexity index is 640. The van der Waals surface area contributed by atoms with Crippen LogP contribution in [0.1, 0.15) is 29.6 Å². The Balaban J connectivity index is 2.17. The summed E-state index contributed by atoms with van der Waals surface area (Å²) in [6.45, 7) is 0.613. The molecule has 0 spiro atoms. The molecule has 0 bridgehead atoms. The third kappa shape index (κ3) is 4.35. The highest BCUT2D eigenvalue weighted by Crippen LogP contribution is 2.32. The Kier molecular flexibility index (Phi) is 4.78. The molecule has 0 atom stereocenters. The second-order valence-electron chi connectivity index (χ2n) is 5.50. The van der Waals surface area contributed by atoms with Crippen LogP contribution >= 0.6 is 10.7 Å². The lowest BCUT2D eigenvalue weighted by Crippen LogP contribution is -2.25. The van der Waals surface area contributed by atoms with Gasteiger partial charge in [0.05, 0.1) is 5.69 Å². The highest BCUT2D eigenvalue weighted by Gasteiger charge is 2.22. The molecular formula is C14H19ClN2O3S. The number of carbonyl (C=O) groups excluding carboxylic acids is 1. The number of nitrogens with zero attached hydrogens (tertiary/aromatic N) is 1. The minimum atomic E-state index is -3.91. The topological polar surface area (TPSA) is 66.5 Å². The first kappa shape index (κ1) is 16.1. The smallest absolute Gasteiger partial charge is 0.263 e. The predicted molar refractivity (Wildman–Crippen MR) is 83.5 cm³/mol. The molecule has 7 heteroatoms. The van der Waals surface area contributed by atoms with E-state index < -0.39 is 9.05 Å².